The molecule has 0 unspecified atom stereocenters. The van der Waals surface area contributed by atoms with Crippen molar-refractivity contribution in [3.05, 3.63) is 58.1 Å². The van der Waals surface area contributed by atoms with Crippen LogP contribution in [0.3, 0.4) is 0 Å². The minimum absolute atomic E-state index is 0.714. The highest BCUT2D eigenvalue weighted by atomic mass is 35.5. The van der Waals surface area contributed by atoms with E-state index in [0.717, 1.165) is 26.4 Å². The Hall–Kier alpha value is -0.670. The second-order valence-electron chi connectivity index (χ2n) is 4.95. The van der Waals surface area contributed by atoms with Crippen LogP contribution in [-0.2, 0) is 6.54 Å². The van der Waals surface area contributed by atoms with Crippen molar-refractivity contribution in [2.24, 2.45) is 0 Å². The number of nitrogens with one attached hydrogen (secondary N) is 1. The molecule has 0 aliphatic heterocycles. The van der Waals surface area contributed by atoms with E-state index in [1.165, 1.54) is 18.4 Å². The van der Waals surface area contributed by atoms with Crippen molar-refractivity contribution >= 4 is 35.0 Å². The molecule has 1 aliphatic rings. The van der Waals surface area contributed by atoms with Crippen molar-refractivity contribution in [2.45, 2.75) is 35.2 Å². The molecule has 0 aromatic heterocycles. The van der Waals surface area contributed by atoms with Crippen molar-refractivity contribution in [1.82, 2.24) is 5.32 Å². The summed E-state index contributed by atoms with van der Waals surface area (Å²) in [4.78, 5) is 2.06. The molecule has 0 spiro atoms. The van der Waals surface area contributed by atoms with E-state index in [9.17, 15) is 0 Å². The lowest BCUT2D eigenvalue weighted by molar-refractivity contribution is 0.687. The normalized spacial score (nSPS) is 14.5. The Morgan fingerprint density at radius 1 is 1.00 bits per heavy atom. The van der Waals surface area contributed by atoms with E-state index in [0.29, 0.717) is 6.04 Å². The number of halogens is 2. The van der Waals surface area contributed by atoms with E-state index >= 15 is 0 Å². The van der Waals surface area contributed by atoms with Gasteiger partial charge < -0.3 is 5.32 Å². The molecule has 3 rings (SSSR count). The smallest absolute Gasteiger partial charge is 0.0548 e. The van der Waals surface area contributed by atoms with Crippen LogP contribution in [0.25, 0.3) is 0 Å². The largest absolute Gasteiger partial charge is 0.310 e. The molecule has 0 amide bonds. The van der Waals surface area contributed by atoms with E-state index < -0.39 is 0 Å². The van der Waals surface area contributed by atoms with Gasteiger partial charge in [0.15, 0.2) is 0 Å². The highest BCUT2D eigenvalue weighted by Crippen LogP contribution is 2.37. The molecule has 0 bridgehead atoms. The summed E-state index contributed by atoms with van der Waals surface area (Å²) in [6.07, 6.45) is 2.60. The lowest BCUT2D eigenvalue weighted by atomic mass is 10.2. The van der Waals surface area contributed by atoms with Crippen molar-refractivity contribution in [1.29, 1.82) is 0 Å². The molecule has 0 heterocycles. The van der Waals surface area contributed by atoms with Crippen molar-refractivity contribution in [3.63, 3.8) is 0 Å². The van der Waals surface area contributed by atoms with E-state index in [1.54, 1.807) is 11.8 Å². The molecular weight excluding hydrogens is 309 g/mol. The van der Waals surface area contributed by atoms with E-state index in [2.05, 4.69) is 17.4 Å². The summed E-state index contributed by atoms with van der Waals surface area (Å²) < 4.78 is 0. The maximum absolute atomic E-state index is 6.37. The summed E-state index contributed by atoms with van der Waals surface area (Å²) in [7, 11) is 0. The Balaban J connectivity index is 1.71. The Kier molecular flexibility index (Phi) is 4.57. The lowest BCUT2D eigenvalue weighted by Gasteiger charge is -2.08. The number of hydrogen-bond acceptors (Lipinski definition) is 2. The standard InChI is InChI=1S/C16H15Cl2NS/c17-13-3-1-2-4-15(13)20-16-8-5-11(9-14(16)18)10-19-12-6-7-12/h1-5,8-9,12,19H,6-7,10H2. The maximum atomic E-state index is 6.37. The molecule has 1 aliphatic carbocycles. The van der Waals surface area contributed by atoms with Gasteiger partial charge in [0, 0.05) is 22.4 Å². The fraction of sp³-hybridized carbons (Fsp3) is 0.250. The SMILES string of the molecule is Clc1ccccc1Sc1ccc(CNC2CC2)cc1Cl. The minimum atomic E-state index is 0.714. The van der Waals surface area contributed by atoms with Crippen LogP contribution in [0.5, 0.6) is 0 Å². The van der Waals surface area contributed by atoms with Gasteiger partial charge in [-0.05, 0) is 42.7 Å². The maximum Gasteiger partial charge on any atom is 0.0548 e. The highest BCUT2D eigenvalue weighted by Gasteiger charge is 2.20. The second kappa shape index (κ2) is 6.40. The van der Waals surface area contributed by atoms with Gasteiger partial charge in [0.2, 0.25) is 0 Å². The molecule has 1 saturated carbocycles. The lowest BCUT2D eigenvalue weighted by Crippen LogP contribution is -2.15. The average molecular weight is 324 g/mol. The molecule has 1 nitrogen and oxygen atoms in total. The third kappa shape index (κ3) is 3.70. The Labute approximate surface area is 133 Å². The topological polar surface area (TPSA) is 12.0 Å². The molecule has 2 aromatic carbocycles. The summed E-state index contributed by atoms with van der Waals surface area (Å²) in [5.41, 5.74) is 1.23. The minimum Gasteiger partial charge on any atom is -0.310 e. The quantitative estimate of drug-likeness (QED) is 0.790. The fourth-order valence-electron chi connectivity index (χ4n) is 1.93. The highest BCUT2D eigenvalue weighted by molar-refractivity contribution is 7.99. The van der Waals surface area contributed by atoms with Crippen LogP contribution in [0.1, 0.15) is 18.4 Å². The van der Waals surface area contributed by atoms with Crippen LogP contribution in [0.4, 0.5) is 0 Å². The van der Waals surface area contributed by atoms with Gasteiger partial charge in [-0.1, -0.05) is 53.2 Å². The average Bonchev–Trinajstić information content (AvgIpc) is 3.26. The monoisotopic (exact) mass is 323 g/mol. The number of rotatable bonds is 5. The number of benzene rings is 2. The first kappa shape index (κ1) is 14.3. The summed E-state index contributed by atoms with van der Waals surface area (Å²) >= 11 is 14.1. The van der Waals surface area contributed by atoms with E-state index in [4.69, 9.17) is 23.2 Å². The van der Waals surface area contributed by atoms with Gasteiger partial charge in [-0.25, -0.2) is 0 Å². The zero-order valence-corrected chi connectivity index (χ0v) is 13.2. The Morgan fingerprint density at radius 3 is 2.45 bits per heavy atom. The van der Waals surface area contributed by atoms with Gasteiger partial charge in [0.1, 0.15) is 0 Å². The van der Waals surface area contributed by atoms with Crippen LogP contribution < -0.4 is 5.32 Å². The van der Waals surface area contributed by atoms with Gasteiger partial charge >= 0.3 is 0 Å². The second-order valence-corrected chi connectivity index (χ2v) is 6.85. The van der Waals surface area contributed by atoms with E-state index in [-0.39, 0.29) is 0 Å². The molecule has 104 valence electrons. The molecule has 2 aromatic rings. The van der Waals surface area contributed by atoms with Crippen molar-refractivity contribution < 1.29 is 0 Å². The van der Waals surface area contributed by atoms with Crippen LogP contribution in [-0.4, -0.2) is 6.04 Å². The first-order valence-electron chi connectivity index (χ1n) is 6.66. The molecular formula is C16H15Cl2NS. The van der Waals surface area contributed by atoms with Crippen molar-refractivity contribution in [2.75, 3.05) is 0 Å². The predicted octanol–water partition coefficient (Wildman–Crippen LogP) is 5.40. The van der Waals surface area contributed by atoms with Gasteiger partial charge in [-0.15, -0.1) is 0 Å². The van der Waals surface area contributed by atoms with Crippen LogP contribution in [0.15, 0.2) is 52.3 Å². The predicted molar refractivity (Wildman–Crippen MR) is 86.9 cm³/mol. The molecule has 20 heavy (non-hydrogen) atoms. The Bertz CT molecular complexity index is 611. The molecule has 1 fully saturated rings. The molecule has 1 N–H and O–H groups in total. The molecule has 0 radical (unpaired) electrons. The van der Waals surface area contributed by atoms with Gasteiger partial charge in [0.25, 0.3) is 0 Å². The fourth-order valence-corrected chi connectivity index (χ4v) is 3.34. The molecule has 4 heteroatoms. The summed E-state index contributed by atoms with van der Waals surface area (Å²) in [6, 6.07) is 14.8. The first-order chi connectivity index (χ1) is 9.72. The zero-order valence-electron chi connectivity index (χ0n) is 10.9. The number of hydrogen-bond donors (Lipinski definition) is 1. The van der Waals surface area contributed by atoms with Gasteiger partial charge in [-0.2, -0.15) is 0 Å². The summed E-state index contributed by atoms with van der Waals surface area (Å²) in [5.74, 6) is 0. The summed E-state index contributed by atoms with van der Waals surface area (Å²) in [6.45, 7) is 0.890. The zero-order chi connectivity index (χ0) is 13.9. The van der Waals surface area contributed by atoms with Gasteiger partial charge in [-0.3, -0.25) is 0 Å². The van der Waals surface area contributed by atoms with Crippen LogP contribution in [0, 0.1) is 0 Å². The summed E-state index contributed by atoms with van der Waals surface area (Å²) in [5, 5.41) is 5.03. The Morgan fingerprint density at radius 2 is 1.75 bits per heavy atom. The van der Waals surface area contributed by atoms with E-state index in [1.807, 2.05) is 30.3 Å². The van der Waals surface area contributed by atoms with Crippen molar-refractivity contribution in [3.8, 4) is 0 Å². The van der Waals surface area contributed by atoms with Gasteiger partial charge in [0.05, 0.1) is 10.0 Å². The third-order valence-corrected chi connectivity index (χ3v) is 5.24. The van der Waals surface area contributed by atoms with Crippen LogP contribution in [0.2, 0.25) is 10.0 Å². The molecule has 0 atom stereocenters. The third-order valence-electron chi connectivity index (χ3n) is 3.23. The van der Waals surface area contributed by atoms with Crippen LogP contribution >= 0.6 is 35.0 Å². The first-order valence-corrected chi connectivity index (χ1v) is 8.24. The molecule has 0 saturated heterocycles.